The number of nitrogens with one attached hydrogen (secondary N) is 1. The molecule has 40 heavy (non-hydrogen) atoms. The summed E-state index contributed by atoms with van der Waals surface area (Å²) in [5, 5.41) is 21.5. The predicted molar refractivity (Wildman–Crippen MR) is 154 cm³/mol. The summed E-state index contributed by atoms with van der Waals surface area (Å²) in [6, 6.07) is 19.7. The van der Waals surface area contributed by atoms with Crippen LogP contribution in [0.5, 0.6) is 23.0 Å². The highest BCUT2D eigenvalue weighted by molar-refractivity contribution is 6.20. The molecule has 8 heteroatoms. The van der Waals surface area contributed by atoms with E-state index in [1.807, 2.05) is 24.3 Å². The molecule has 1 heterocycles. The van der Waals surface area contributed by atoms with Crippen LogP contribution in [0.1, 0.15) is 36.3 Å². The number of anilines is 1. The number of aliphatic hydroxyl groups excluding tert-OH is 1. The van der Waals surface area contributed by atoms with Crippen molar-refractivity contribution in [2.75, 3.05) is 33.3 Å². The molecule has 0 saturated heterocycles. The van der Waals surface area contributed by atoms with Gasteiger partial charge in [0.15, 0.2) is 5.78 Å². The molecule has 1 aliphatic carbocycles. The number of carbonyl (C=O) groups is 1. The van der Waals surface area contributed by atoms with E-state index in [-0.39, 0.29) is 23.0 Å². The third-order valence-corrected chi connectivity index (χ3v) is 7.45. The third-order valence-electron chi connectivity index (χ3n) is 7.45. The number of amidine groups is 1. The van der Waals surface area contributed by atoms with E-state index in [1.54, 1.807) is 75.8 Å². The number of allylic oxidation sites excluding steroid dienone is 2. The number of carbonyl (C=O) groups excluding carboxylic acids is 1. The second-order valence-electron chi connectivity index (χ2n) is 9.52. The van der Waals surface area contributed by atoms with E-state index in [0.29, 0.717) is 70.3 Å². The van der Waals surface area contributed by atoms with Crippen LogP contribution in [0.25, 0.3) is 5.76 Å². The van der Waals surface area contributed by atoms with Gasteiger partial charge in [-0.3, -0.25) is 15.1 Å². The number of rotatable bonds is 7. The van der Waals surface area contributed by atoms with Crippen molar-refractivity contribution in [3.63, 3.8) is 0 Å². The molecule has 5 rings (SSSR count). The van der Waals surface area contributed by atoms with Crippen LogP contribution in [-0.4, -0.2) is 45.2 Å². The van der Waals surface area contributed by atoms with Gasteiger partial charge in [0, 0.05) is 40.5 Å². The minimum Gasteiger partial charge on any atom is -0.507 e. The van der Waals surface area contributed by atoms with Crippen LogP contribution in [0, 0.1) is 5.41 Å². The largest absolute Gasteiger partial charge is 0.507 e. The molecule has 1 atom stereocenters. The number of benzene rings is 3. The Balaban J connectivity index is 1.86. The van der Waals surface area contributed by atoms with E-state index in [1.165, 1.54) is 0 Å². The molecule has 2 N–H and O–H groups in total. The maximum Gasteiger partial charge on any atom is 0.161 e. The molecule has 8 nitrogen and oxygen atoms in total. The Hall–Kier alpha value is -4.72. The van der Waals surface area contributed by atoms with Crippen LogP contribution >= 0.6 is 0 Å². The van der Waals surface area contributed by atoms with Crippen molar-refractivity contribution >= 4 is 23.1 Å². The van der Waals surface area contributed by atoms with E-state index in [2.05, 4.69) is 0 Å². The van der Waals surface area contributed by atoms with Crippen LogP contribution in [0.3, 0.4) is 0 Å². The van der Waals surface area contributed by atoms with E-state index in [4.69, 9.17) is 18.9 Å². The van der Waals surface area contributed by atoms with Crippen molar-refractivity contribution in [2.45, 2.75) is 25.2 Å². The Morgan fingerprint density at radius 1 is 0.850 bits per heavy atom. The topological polar surface area (TPSA) is 101 Å². The van der Waals surface area contributed by atoms with Crippen molar-refractivity contribution in [1.29, 1.82) is 5.41 Å². The monoisotopic (exact) mass is 540 g/mol. The molecule has 0 fully saturated rings. The van der Waals surface area contributed by atoms with Crippen molar-refractivity contribution in [2.24, 2.45) is 0 Å². The molecule has 3 aromatic rings. The summed E-state index contributed by atoms with van der Waals surface area (Å²) < 4.78 is 22.2. The highest BCUT2D eigenvalue weighted by Crippen LogP contribution is 2.51. The molecule has 0 saturated carbocycles. The first-order valence-corrected chi connectivity index (χ1v) is 13.0. The minimum atomic E-state index is -0.721. The molecule has 0 aromatic heterocycles. The number of ether oxygens (including phenoxy) is 4. The summed E-state index contributed by atoms with van der Waals surface area (Å²) in [6.07, 6.45) is 1.60. The molecule has 1 aliphatic heterocycles. The molecule has 3 aromatic carbocycles. The van der Waals surface area contributed by atoms with Gasteiger partial charge in [-0.25, -0.2) is 0 Å². The van der Waals surface area contributed by atoms with Gasteiger partial charge in [0.2, 0.25) is 0 Å². The number of nitrogens with zero attached hydrogens (tertiary/aromatic N) is 1. The predicted octanol–water partition coefficient (Wildman–Crippen LogP) is 6.28. The standard InChI is InChI=1S/C32H32N2O6/c1-37-20-14-12-19(13-15-20)31(36)30-28(22-8-5-6-11-26(22)39-3)29-23(9-7-10-25(29)35)34(32(30)33)24-18-21(38-2)16-17-27(24)40-4/h5-6,8,11-18,28,33,36H,7,9-10H2,1-4H3/b31-30+,33-32?. The van der Waals surface area contributed by atoms with Crippen LogP contribution < -0.4 is 23.8 Å². The molecule has 0 amide bonds. The van der Waals surface area contributed by atoms with Crippen LogP contribution in [0.15, 0.2) is 83.6 Å². The fourth-order valence-electron chi connectivity index (χ4n) is 5.55. The number of Topliss-reactive ketones (excluding diaryl/α,β-unsaturated/α-hetero) is 1. The summed E-state index contributed by atoms with van der Waals surface area (Å²) in [5.41, 5.74) is 3.26. The first-order chi connectivity index (χ1) is 19.4. The zero-order chi connectivity index (χ0) is 28.4. The van der Waals surface area contributed by atoms with E-state index >= 15 is 0 Å². The van der Waals surface area contributed by atoms with E-state index in [9.17, 15) is 15.3 Å². The Morgan fingerprint density at radius 3 is 2.20 bits per heavy atom. The summed E-state index contributed by atoms with van der Waals surface area (Å²) in [4.78, 5) is 15.5. The van der Waals surface area contributed by atoms with Gasteiger partial charge < -0.3 is 24.1 Å². The van der Waals surface area contributed by atoms with Gasteiger partial charge in [0.1, 0.15) is 34.6 Å². The van der Waals surface area contributed by atoms with E-state index in [0.717, 1.165) is 0 Å². The second kappa shape index (κ2) is 11.2. The number of aliphatic hydroxyl groups is 1. The number of methoxy groups -OCH3 is 4. The summed E-state index contributed by atoms with van der Waals surface area (Å²) >= 11 is 0. The zero-order valence-corrected chi connectivity index (χ0v) is 23.0. The molecule has 0 radical (unpaired) electrons. The summed E-state index contributed by atoms with van der Waals surface area (Å²) in [5.74, 6) is 1.45. The third kappa shape index (κ3) is 4.55. The molecule has 206 valence electrons. The van der Waals surface area contributed by atoms with Crippen molar-refractivity contribution in [3.05, 3.63) is 94.7 Å². The number of hydrogen-bond acceptors (Lipinski definition) is 7. The average Bonchev–Trinajstić information content (AvgIpc) is 3.00. The van der Waals surface area contributed by atoms with Crippen LogP contribution in [-0.2, 0) is 4.79 Å². The van der Waals surface area contributed by atoms with Gasteiger partial charge in [-0.2, -0.15) is 0 Å². The average molecular weight is 541 g/mol. The lowest BCUT2D eigenvalue weighted by atomic mass is 9.73. The van der Waals surface area contributed by atoms with Crippen LogP contribution in [0.2, 0.25) is 0 Å². The quantitative estimate of drug-likeness (QED) is 0.340. The molecule has 1 unspecified atom stereocenters. The SMILES string of the molecule is COc1ccc(/C(O)=C2\C(=N)N(c3cc(OC)ccc3OC)C3=C(C(=O)CCC3)C2c2ccccc2OC)cc1. The summed E-state index contributed by atoms with van der Waals surface area (Å²) in [7, 11) is 6.28. The first-order valence-electron chi connectivity index (χ1n) is 13.0. The fourth-order valence-corrected chi connectivity index (χ4v) is 5.55. The lowest BCUT2D eigenvalue weighted by Gasteiger charge is -2.42. The molecular weight excluding hydrogens is 508 g/mol. The molecule has 2 aliphatic rings. The van der Waals surface area contributed by atoms with Crippen molar-refractivity contribution < 1.29 is 28.8 Å². The maximum absolute atomic E-state index is 13.8. The number of para-hydroxylation sites is 1. The van der Waals surface area contributed by atoms with Gasteiger partial charge in [-0.15, -0.1) is 0 Å². The van der Waals surface area contributed by atoms with Crippen molar-refractivity contribution in [1.82, 2.24) is 0 Å². The van der Waals surface area contributed by atoms with Gasteiger partial charge in [0.25, 0.3) is 0 Å². The number of hydrogen-bond donors (Lipinski definition) is 2. The molecular formula is C32H32N2O6. The van der Waals surface area contributed by atoms with Gasteiger partial charge in [-0.1, -0.05) is 18.2 Å². The Morgan fingerprint density at radius 2 is 1.52 bits per heavy atom. The van der Waals surface area contributed by atoms with Gasteiger partial charge in [0.05, 0.1) is 40.0 Å². The maximum atomic E-state index is 13.8. The normalized spacial score (nSPS) is 18.3. The Kier molecular flexibility index (Phi) is 7.51. The zero-order valence-electron chi connectivity index (χ0n) is 23.0. The summed E-state index contributed by atoms with van der Waals surface area (Å²) in [6.45, 7) is 0. The van der Waals surface area contributed by atoms with Crippen LogP contribution in [0.4, 0.5) is 5.69 Å². The second-order valence-corrected chi connectivity index (χ2v) is 9.52. The minimum absolute atomic E-state index is 0.0310. The Labute approximate surface area is 233 Å². The Bertz CT molecular complexity index is 1520. The number of ketones is 1. The lowest BCUT2D eigenvalue weighted by molar-refractivity contribution is -0.116. The highest BCUT2D eigenvalue weighted by atomic mass is 16.5. The first kappa shape index (κ1) is 26.9. The lowest BCUT2D eigenvalue weighted by Crippen LogP contribution is -2.42. The molecule has 0 spiro atoms. The highest BCUT2D eigenvalue weighted by Gasteiger charge is 2.44. The fraction of sp³-hybridized carbons (Fsp3) is 0.250. The van der Waals surface area contributed by atoms with E-state index < -0.39 is 5.92 Å². The van der Waals surface area contributed by atoms with Crippen molar-refractivity contribution in [3.8, 4) is 23.0 Å². The van der Waals surface area contributed by atoms with Gasteiger partial charge in [-0.05, 0) is 55.3 Å². The molecule has 0 bridgehead atoms. The van der Waals surface area contributed by atoms with Gasteiger partial charge >= 0.3 is 0 Å². The smallest absolute Gasteiger partial charge is 0.161 e.